The lowest BCUT2D eigenvalue weighted by molar-refractivity contribution is 0.0696. The predicted octanol–water partition coefficient (Wildman–Crippen LogP) is 2.89. The van der Waals surface area contributed by atoms with Crippen LogP contribution in [0, 0.1) is 0 Å². The summed E-state index contributed by atoms with van der Waals surface area (Å²) in [5, 5.41) is 8.91. The molecule has 104 valence electrons. The van der Waals surface area contributed by atoms with Crippen molar-refractivity contribution in [3.8, 4) is 0 Å². The van der Waals surface area contributed by atoms with Crippen LogP contribution in [0.3, 0.4) is 0 Å². The van der Waals surface area contributed by atoms with E-state index in [0.29, 0.717) is 5.69 Å². The molecule has 0 atom stereocenters. The van der Waals surface area contributed by atoms with E-state index >= 15 is 0 Å². The van der Waals surface area contributed by atoms with Gasteiger partial charge in [-0.25, -0.2) is 13.2 Å². The predicted molar refractivity (Wildman–Crippen MR) is 78.4 cm³/mol. The molecule has 0 bridgehead atoms. The first kappa shape index (κ1) is 14.5. The Balaban J connectivity index is 2.45. The van der Waals surface area contributed by atoms with Crippen LogP contribution < -0.4 is 3.33 Å². The molecule has 1 N–H and O–H groups in total. The number of aromatic carboxylic acids is 1. The molecule has 0 aliphatic rings. The van der Waals surface area contributed by atoms with E-state index in [1.165, 1.54) is 18.2 Å². The molecule has 0 spiro atoms. The number of para-hydroxylation sites is 1. The first-order chi connectivity index (χ1) is 9.43. The van der Waals surface area contributed by atoms with Gasteiger partial charge in [-0.2, -0.15) is 3.33 Å². The average Bonchev–Trinajstić information content (AvgIpc) is 2.47. The molecule has 0 radical (unpaired) electrons. The van der Waals surface area contributed by atoms with Gasteiger partial charge in [-0.15, -0.1) is 0 Å². The molecule has 2 rings (SSSR count). The largest absolute Gasteiger partial charge is 0.478 e. The highest BCUT2D eigenvalue weighted by Gasteiger charge is 2.23. The first-order valence-corrected chi connectivity index (χ1v) is 7.67. The van der Waals surface area contributed by atoms with E-state index in [0.717, 1.165) is 9.40 Å². The smallest absolute Gasteiger partial charge is 0.335 e. The van der Waals surface area contributed by atoms with E-state index in [1.807, 2.05) is 0 Å². The standard InChI is InChI=1S/C13H10BrNO4S/c14-15(11-6-2-1-3-7-11)20(18,19)12-8-4-5-10(9-12)13(16)17/h1-9H,(H,16,17). The van der Waals surface area contributed by atoms with Crippen LogP contribution in [0.5, 0.6) is 0 Å². The lowest BCUT2D eigenvalue weighted by Gasteiger charge is -2.16. The van der Waals surface area contributed by atoms with E-state index in [1.54, 1.807) is 30.3 Å². The maximum absolute atomic E-state index is 12.4. The van der Waals surface area contributed by atoms with Gasteiger partial charge in [-0.05, 0) is 30.3 Å². The van der Waals surface area contributed by atoms with Crippen LogP contribution in [0.25, 0.3) is 0 Å². The Hall–Kier alpha value is -1.86. The van der Waals surface area contributed by atoms with E-state index in [2.05, 4.69) is 16.1 Å². The number of anilines is 1. The number of nitrogens with zero attached hydrogens (tertiary/aromatic N) is 1. The number of carboxylic acids is 1. The van der Waals surface area contributed by atoms with Gasteiger partial charge in [0.05, 0.1) is 32.3 Å². The summed E-state index contributed by atoms with van der Waals surface area (Å²) in [6.45, 7) is 0. The van der Waals surface area contributed by atoms with Crippen molar-refractivity contribution in [1.82, 2.24) is 0 Å². The molecule has 0 amide bonds. The quantitative estimate of drug-likeness (QED) is 0.855. The van der Waals surface area contributed by atoms with Crippen LogP contribution in [0.2, 0.25) is 0 Å². The van der Waals surface area contributed by atoms with Crippen molar-refractivity contribution < 1.29 is 18.3 Å². The Bertz CT molecular complexity index is 731. The fourth-order valence-corrected chi connectivity index (χ4v) is 3.41. The molecule has 2 aromatic rings. The fraction of sp³-hybridized carbons (Fsp3) is 0. The zero-order chi connectivity index (χ0) is 14.8. The fourth-order valence-electron chi connectivity index (χ4n) is 1.57. The van der Waals surface area contributed by atoms with Gasteiger partial charge in [0.1, 0.15) is 0 Å². The van der Waals surface area contributed by atoms with Gasteiger partial charge in [0.15, 0.2) is 0 Å². The van der Waals surface area contributed by atoms with Gasteiger partial charge >= 0.3 is 5.97 Å². The summed E-state index contributed by atoms with van der Waals surface area (Å²) in [5.41, 5.74) is 0.341. The molecule has 0 aliphatic heterocycles. The van der Waals surface area contributed by atoms with E-state index < -0.39 is 16.0 Å². The third-order valence-electron chi connectivity index (χ3n) is 2.55. The van der Waals surface area contributed by atoms with Crippen LogP contribution in [0.15, 0.2) is 59.5 Å². The van der Waals surface area contributed by atoms with Crippen molar-refractivity contribution in [2.75, 3.05) is 3.33 Å². The molecule has 5 nitrogen and oxygen atoms in total. The van der Waals surface area contributed by atoms with Crippen molar-refractivity contribution in [2.24, 2.45) is 0 Å². The topological polar surface area (TPSA) is 74.7 Å². The molecule has 0 saturated heterocycles. The second-order valence-electron chi connectivity index (χ2n) is 3.89. The highest BCUT2D eigenvalue weighted by atomic mass is 79.9. The van der Waals surface area contributed by atoms with E-state index in [4.69, 9.17) is 5.11 Å². The maximum Gasteiger partial charge on any atom is 0.335 e. The summed E-state index contributed by atoms with van der Waals surface area (Å²) in [6, 6.07) is 13.6. The third kappa shape index (κ3) is 2.83. The van der Waals surface area contributed by atoms with Crippen LogP contribution in [-0.4, -0.2) is 19.5 Å². The highest BCUT2D eigenvalue weighted by Crippen LogP contribution is 2.27. The summed E-state index contributed by atoms with van der Waals surface area (Å²) < 4.78 is 25.7. The van der Waals surface area contributed by atoms with Gasteiger partial charge in [-0.1, -0.05) is 24.3 Å². The van der Waals surface area contributed by atoms with Crippen molar-refractivity contribution in [1.29, 1.82) is 0 Å². The second-order valence-corrected chi connectivity index (χ2v) is 6.85. The molecule has 20 heavy (non-hydrogen) atoms. The molecular formula is C13H10BrNO4S. The normalized spacial score (nSPS) is 11.1. The molecule has 2 aromatic carbocycles. The summed E-state index contributed by atoms with van der Waals surface area (Å²) >= 11 is 3.00. The average molecular weight is 356 g/mol. The van der Waals surface area contributed by atoms with Crippen LogP contribution in [-0.2, 0) is 10.0 Å². The molecule has 7 heteroatoms. The minimum Gasteiger partial charge on any atom is -0.478 e. The summed E-state index contributed by atoms with van der Waals surface area (Å²) in [5.74, 6) is -1.18. The molecule has 0 unspecified atom stereocenters. The summed E-state index contributed by atoms with van der Waals surface area (Å²) in [6.07, 6.45) is 0. The summed E-state index contributed by atoms with van der Waals surface area (Å²) in [7, 11) is -3.86. The number of carboxylic acid groups (broad SMARTS) is 1. The second kappa shape index (κ2) is 5.64. The molecular weight excluding hydrogens is 346 g/mol. The number of carbonyl (C=O) groups is 1. The Labute approximate surface area is 124 Å². The van der Waals surface area contributed by atoms with Crippen LogP contribution in [0.4, 0.5) is 5.69 Å². The van der Waals surface area contributed by atoms with E-state index in [9.17, 15) is 13.2 Å². The highest BCUT2D eigenvalue weighted by molar-refractivity contribution is 9.11. The zero-order valence-corrected chi connectivity index (χ0v) is 12.5. The van der Waals surface area contributed by atoms with Gasteiger partial charge in [0, 0.05) is 0 Å². The zero-order valence-electron chi connectivity index (χ0n) is 10.1. The maximum atomic E-state index is 12.4. The van der Waals surface area contributed by atoms with E-state index in [-0.39, 0.29) is 10.5 Å². The SMILES string of the molecule is O=C(O)c1cccc(S(=O)(=O)N(Br)c2ccccc2)c1. The molecule has 0 fully saturated rings. The van der Waals surface area contributed by atoms with Gasteiger partial charge in [0.2, 0.25) is 0 Å². The van der Waals surface area contributed by atoms with Crippen molar-refractivity contribution in [3.63, 3.8) is 0 Å². The summed E-state index contributed by atoms with van der Waals surface area (Å²) in [4.78, 5) is 10.8. The van der Waals surface area contributed by atoms with Gasteiger partial charge in [0.25, 0.3) is 10.0 Å². The number of hydrogen-bond acceptors (Lipinski definition) is 3. The first-order valence-electron chi connectivity index (χ1n) is 5.52. The number of sulfonamides is 1. The monoisotopic (exact) mass is 355 g/mol. The molecule has 0 heterocycles. The Morgan fingerprint density at radius 2 is 1.70 bits per heavy atom. The lowest BCUT2D eigenvalue weighted by atomic mass is 10.2. The number of hydrogen-bond donors (Lipinski definition) is 1. The third-order valence-corrected chi connectivity index (χ3v) is 5.58. The van der Waals surface area contributed by atoms with Crippen LogP contribution >= 0.6 is 16.1 Å². The van der Waals surface area contributed by atoms with Crippen LogP contribution in [0.1, 0.15) is 10.4 Å². The Morgan fingerprint density at radius 3 is 2.30 bits per heavy atom. The molecule has 0 aliphatic carbocycles. The van der Waals surface area contributed by atoms with Crippen molar-refractivity contribution in [3.05, 3.63) is 60.2 Å². The van der Waals surface area contributed by atoms with Gasteiger partial charge < -0.3 is 5.11 Å². The minimum absolute atomic E-state index is 0.0833. The number of halogens is 1. The van der Waals surface area contributed by atoms with Gasteiger partial charge in [-0.3, -0.25) is 0 Å². The van der Waals surface area contributed by atoms with Crippen molar-refractivity contribution >= 4 is 37.8 Å². The Morgan fingerprint density at radius 1 is 1.05 bits per heavy atom. The van der Waals surface area contributed by atoms with Crippen molar-refractivity contribution in [2.45, 2.75) is 4.90 Å². The molecule has 0 aromatic heterocycles. The molecule has 0 saturated carbocycles. The number of rotatable bonds is 4. The Kier molecular flexibility index (Phi) is 4.10. The minimum atomic E-state index is -3.86. The lowest BCUT2D eigenvalue weighted by Crippen LogP contribution is -2.21. The number of benzene rings is 2.